The molecule has 0 bridgehead atoms. The van der Waals surface area contributed by atoms with Crippen molar-refractivity contribution in [1.29, 1.82) is 0 Å². The minimum absolute atomic E-state index is 0.273. The molecule has 2 amide bonds. The minimum Gasteiger partial charge on any atom is -0.495 e. The van der Waals surface area contributed by atoms with Gasteiger partial charge in [0.05, 0.1) is 31.7 Å². The van der Waals surface area contributed by atoms with Crippen molar-refractivity contribution in [1.82, 2.24) is 5.43 Å². The highest BCUT2D eigenvalue weighted by Gasteiger charge is 2.13. The third-order valence-corrected chi connectivity index (χ3v) is 6.29. The molecule has 42 heavy (non-hydrogen) atoms. The number of benzene rings is 4. The van der Waals surface area contributed by atoms with Gasteiger partial charge in [0, 0.05) is 16.1 Å². The summed E-state index contributed by atoms with van der Waals surface area (Å²) in [6, 6.07) is 24.0. The van der Waals surface area contributed by atoms with Crippen molar-refractivity contribution in [2.45, 2.75) is 6.61 Å². The standard InChI is InChI=1S/C31H27Cl2N3O6/c1-39-28-16-23(33)12-13-25(28)35-30(37)19-42-27-14-9-21(15-29(27)40-2)17-34-36-31(38)24-5-3-4-6-26(24)41-18-20-7-10-22(32)11-8-20/h3-17H,18-19H2,1-2H3,(H,35,37)(H,36,38)/b34-17+. The van der Waals surface area contributed by atoms with Gasteiger partial charge < -0.3 is 24.3 Å². The average Bonchev–Trinajstić information content (AvgIpc) is 3.01. The third kappa shape index (κ3) is 8.39. The largest absolute Gasteiger partial charge is 0.495 e. The lowest BCUT2D eigenvalue weighted by atomic mass is 10.2. The van der Waals surface area contributed by atoms with Gasteiger partial charge in [-0.15, -0.1) is 0 Å². The van der Waals surface area contributed by atoms with E-state index in [4.69, 9.17) is 42.1 Å². The third-order valence-electron chi connectivity index (χ3n) is 5.80. The van der Waals surface area contributed by atoms with Gasteiger partial charge in [0.15, 0.2) is 18.1 Å². The molecule has 0 aliphatic carbocycles. The van der Waals surface area contributed by atoms with Crippen LogP contribution < -0.4 is 29.7 Å². The number of hydrazone groups is 1. The number of hydrogen-bond donors (Lipinski definition) is 2. The summed E-state index contributed by atoms with van der Waals surface area (Å²) in [6.45, 7) is 0.00105. The zero-order valence-electron chi connectivity index (χ0n) is 22.7. The fourth-order valence-electron chi connectivity index (χ4n) is 3.73. The predicted octanol–water partition coefficient (Wildman–Crippen LogP) is 6.37. The first-order valence-electron chi connectivity index (χ1n) is 12.6. The Hall–Kier alpha value is -4.73. The number of nitrogens with one attached hydrogen (secondary N) is 2. The van der Waals surface area contributed by atoms with Crippen molar-refractivity contribution in [2.75, 3.05) is 26.1 Å². The van der Waals surface area contributed by atoms with Crippen LogP contribution in [0, 0.1) is 0 Å². The van der Waals surface area contributed by atoms with Crippen molar-refractivity contribution < 1.29 is 28.5 Å². The molecule has 9 nitrogen and oxygen atoms in total. The number of hydrogen-bond acceptors (Lipinski definition) is 7. The summed E-state index contributed by atoms with van der Waals surface area (Å²) in [6.07, 6.45) is 1.46. The van der Waals surface area contributed by atoms with Crippen LogP contribution in [0.2, 0.25) is 10.0 Å². The molecular formula is C31H27Cl2N3O6. The Morgan fingerprint density at radius 2 is 1.52 bits per heavy atom. The summed E-state index contributed by atoms with van der Waals surface area (Å²) in [5, 5.41) is 7.90. The Kier molecular flexibility index (Phi) is 10.6. The fourth-order valence-corrected chi connectivity index (χ4v) is 4.02. The average molecular weight is 608 g/mol. The molecule has 0 heterocycles. The quantitative estimate of drug-likeness (QED) is 0.143. The number of rotatable bonds is 12. The maximum absolute atomic E-state index is 12.8. The molecule has 0 aliphatic heterocycles. The molecule has 0 spiro atoms. The predicted molar refractivity (Wildman–Crippen MR) is 162 cm³/mol. The molecule has 216 valence electrons. The number of para-hydroxylation sites is 1. The van der Waals surface area contributed by atoms with Crippen LogP contribution in [0.3, 0.4) is 0 Å². The van der Waals surface area contributed by atoms with Gasteiger partial charge in [0.2, 0.25) is 0 Å². The monoisotopic (exact) mass is 607 g/mol. The van der Waals surface area contributed by atoms with E-state index in [1.807, 2.05) is 12.1 Å². The van der Waals surface area contributed by atoms with Crippen molar-refractivity contribution >= 4 is 46.9 Å². The second kappa shape index (κ2) is 14.8. The summed E-state index contributed by atoms with van der Waals surface area (Å²) in [7, 11) is 2.96. The molecule has 0 fully saturated rings. The van der Waals surface area contributed by atoms with E-state index in [2.05, 4.69) is 15.8 Å². The smallest absolute Gasteiger partial charge is 0.275 e. The Labute approximate surface area is 253 Å². The molecule has 0 saturated carbocycles. The molecule has 0 aromatic heterocycles. The highest BCUT2D eigenvalue weighted by molar-refractivity contribution is 6.31. The van der Waals surface area contributed by atoms with E-state index in [1.165, 1.54) is 20.4 Å². The SMILES string of the molecule is COc1cc(Cl)ccc1NC(=O)COc1ccc(/C=N/NC(=O)c2ccccc2OCc2ccc(Cl)cc2)cc1OC. The van der Waals surface area contributed by atoms with E-state index >= 15 is 0 Å². The van der Waals surface area contributed by atoms with Crippen LogP contribution in [-0.4, -0.2) is 38.9 Å². The number of halogens is 2. The van der Waals surface area contributed by atoms with Crippen LogP contribution in [0.15, 0.2) is 90.0 Å². The van der Waals surface area contributed by atoms with Gasteiger partial charge in [-0.05, 0) is 65.7 Å². The normalized spacial score (nSPS) is 10.7. The van der Waals surface area contributed by atoms with Gasteiger partial charge in [-0.25, -0.2) is 5.43 Å². The Morgan fingerprint density at radius 1 is 0.786 bits per heavy atom. The second-order valence-electron chi connectivity index (χ2n) is 8.70. The lowest BCUT2D eigenvalue weighted by Gasteiger charge is -2.13. The fraction of sp³-hybridized carbons (Fsp3) is 0.129. The number of anilines is 1. The van der Waals surface area contributed by atoms with E-state index in [1.54, 1.807) is 72.8 Å². The van der Waals surface area contributed by atoms with Crippen LogP contribution in [0.5, 0.6) is 23.0 Å². The van der Waals surface area contributed by atoms with Gasteiger partial charge in [-0.3, -0.25) is 9.59 Å². The second-order valence-corrected chi connectivity index (χ2v) is 9.58. The molecule has 2 N–H and O–H groups in total. The van der Waals surface area contributed by atoms with Crippen LogP contribution in [0.25, 0.3) is 0 Å². The molecule has 0 unspecified atom stereocenters. The maximum Gasteiger partial charge on any atom is 0.275 e. The number of amides is 2. The van der Waals surface area contributed by atoms with Crippen molar-refractivity contribution in [3.05, 3.63) is 112 Å². The van der Waals surface area contributed by atoms with E-state index in [-0.39, 0.29) is 13.2 Å². The summed E-state index contributed by atoms with van der Waals surface area (Å²) in [5.41, 5.74) is 4.85. The summed E-state index contributed by atoms with van der Waals surface area (Å²) >= 11 is 11.9. The molecule has 4 rings (SSSR count). The van der Waals surface area contributed by atoms with Crippen LogP contribution in [-0.2, 0) is 11.4 Å². The van der Waals surface area contributed by atoms with Crippen LogP contribution in [0.1, 0.15) is 21.5 Å². The van der Waals surface area contributed by atoms with Crippen LogP contribution in [0.4, 0.5) is 5.69 Å². The van der Waals surface area contributed by atoms with Gasteiger partial charge in [-0.2, -0.15) is 5.10 Å². The van der Waals surface area contributed by atoms with Crippen molar-refractivity contribution in [3.63, 3.8) is 0 Å². The Balaban J connectivity index is 1.33. The van der Waals surface area contributed by atoms with E-state index < -0.39 is 11.8 Å². The highest BCUT2D eigenvalue weighted by atomic mass is 35.5. The topological polar surface area (TPSA) is 107 Å². The first-order valence-corrected chi connectivity index (χ1v) is 13.4. The molecule has 11 heteroatoms. The van der Waals surface area contributed by atoms with E-state index in [9.17, 15) is 9.59 Å². The molecular weight excluding hydrogens is 581 g/mol. The summed E-state index contributed by atoms with van der Waals surface area (Å²) in [4.78, 5) is 25.2. The lowest BCUT2D eigenvalue weighted by Crippen LogP contribution is -2.20. The number of ether oxygens (including phenoxy) is 4. The Morgan fingerprint density at radius 3 is 2.29 bits per heavy atom. The summed E-state index contributed by atoms with van der Waals surface area (Å²) in [5.74, 6) is 0.739. The molecule has 4 aromatic rings. The van der Waals surface area contributed by atoms with Crippen molar-refractivity contribution in [2.24, 2.45) is 5.10 Å². The number of carbonyl (C=O) groups is 2. The molecule has 0 atom stereocenters. The zero-order chi connectivity index (χ0) is 29.9. The number of methoxy groups -OCH3 is 2. The van der Waals surface area contributed by atoms with E-state index in [0.717, 1.165) is 5.56 Å². The molecule has 0 aliphatic rings. The molecule has 0 saturated heterocycles. The highest BCUT2D eigenvalue weighted by Crippen LogP contribution is 2.29. The minimum atomic E-state index is -0.437. The van der Waals surface area contributed by atoms with E-state index in [0.29, 0.717) is 49.9 Å². The lowest BCUT2D eigenvalue weighted by molar-refractivity contribution is -0.118. The van der Waals surface area contributed by atoms with Gasteiger partial charge in [-0.1, -0.05) is 47.5 Å². The van der Waals surface area contributed by atoms with Crippen molar-refractivity contribution in [3.8, 4) is 23.0 Å². The number of carbonyl (C=O) groups excluding carboxylic acids is 2. The Bertz CT molecular complexity index is 1580. The molecule has 0 radical (unpaired) electrons. The van der Waals surface area contributed by atoms with Gasteiger partial charge in [0.25, 0.3) is 11.8 Å². The first-order chi connectivity index (χ1) is 20.4. The van der Waals surface area contributed by atoms with Crippen LogP contribution >= 0.6 is 23.2 Å². The molecule has 4 aromatic carbocycles. The maximum atomic E-state index is 12.8. The summed E-state index contributed by atoms with van der Waals surface area (Å²) < 4.78 is 22.1. The zero-order valence-corrected chi connectivity index (χ0v) is 24.2. The first kappa shape index (κ1) is 30.2. The van der Waals surface area contributed by atoms with Gasteiger partial charge in [0.1, 0.15) is 18.1 Å². The van der Waals surface area contributed by atoms with Gasteiger partial charge >= 0.3 is 0 Å². The number of nitrogens with zero attached hydrogens (tertiary/aromatic N) is 1.